The molecule has 0 aromatic heterocycles. The first-order valence-electron chi connectivity index (χ1n) is 9.18. The first-order chi connectivity index (χ1) is 12.3. The molecule has 2 aliphatic rings. The lowest BCUT2D eigenvalue weighted by atomic mass is 9.86. The number of rotatable bonds is 5. The van der Waals surface area contributed by atoms with Crippen LogP contribution in [-0.2, 0) is 25.5 Å². The third kappa shape index (κ3) is 3.53. The molecule has 2 saturated heterocycles. The van der Waals surface area contributed by atoms with Crippen molar-refractivity contribution in [2.24, 2.45) is 5.92 Å². The average Bonchev–Trinajstić information content (AvgIpc) is 2.63. The van der Waals surface area contributed by atoms with E-state index in [0.717, 1.165) is 6.54 Å². The third-order valence-electron chi connectivity index (χ3n) is 5.88. The van der Waals surface area contributed by atoms with Gasteiger partial charge in [-0.15, -0.1) is 0 Å². The van der Waals surface area contributed by atoms with E-state index in [9.17, 15) is 4.39 Å². The molecule has 2 aliphatic heterocycles. The molecule has 0 amide bonds. The summed E-state index contributed by atoms with van der Waals surface area (Å²) in [5.41, 5.74) is 1.20. The molecule has 0 saturated carbocycles. The quantitative estimate of drug-likeness (QED) is 0.800. The molecular weight excluding hydrogens is 337 g/mol. The predicted octanol–water partition coefficient (Wildman–Crippen LogP) is 2.99. The van der Waals surface area contributed by atoms with Crippen LogP contribution in [-0.4, -0.2) is 62.2 Å². The van der Waals surface area contributed by atoms with E-state index in [-0.39, 0.29) is 18.1 Å². The summed E-state index contributed by atoms with van der Waals surface area (Å²) < 4.78 is 38.2. The molecule has 0 aliphatic carbocycles. The zero-order valence-electron chi connectivity index (χ0n) is 16.3. The van der Waals surface area contributed by atoms with Crippen molar-refractivity contribution in [2.75, 3.05) is 27.3 Å². The average molecular weight is 367 g/mol. The second-order valence-electron chi connectivity index (χ2n) is 7.56. The lowest BCUT2D eigenvalue weighted by Gasteiger charge is -2.56. The maximum Gasteiger partial charge on any atom is 0.220 e. The van der Waals surface area contributed by atoms with E-state index >= 15 is 0 Å². The number of fused-ring (bicyclic) bond motifs is 1. The van der Waals surface area contributed by atoms with Crippen LogP contribution in [0.4, 0.5) is 4.39 Å². The van der Waals surface area contributed by atoms with Crippen molar-refractivity contribution >= 4 is 0 Å². The van der Waals surface area contributed by atoms with Crippen molar-refractivity contribution in [3.05, 3.63) is 35.9 Å². The molecule has 6 heteroatoms. The minimum Gasteiger partial charge on any atom is -0.349 e. The zero-order valence-corrected chi connectivity index (χ0v) is 16.3. The van der Waals surface area contributed by atoms with Crippen LogP contribution in [0.1, 0.15) is 26.3 Å². The molecule has 0 spiro atoms. The minimum absolute atomic E-state index is 0.288. The second kappa shape index (κ2) is 7.52. The van der Waals surface area contributed by atoms with E-state index < -0.39 is 17.7 Å². The maximum absolute atomic E-state index is 14.5. The van der Waals surface area contributed by atoms with E-state index in [4.69, 9.17) is 18.9 Å². The van der Waals surface area contributed by atoms with E-state index in [1.807, 2.05) is 18.2 Å². The SMILES string of the molecule is CO[C@@]1(C)O[C@@H]2[C@H]([C@@H](C)F)CN(Cc3ccccc3)C[C@H]2O[C@]1(C)OC. The summed E-state index contributed by atoms with van der Waals surface area (Å²) in [5.74, 6) is -2.46. The summed E-state index contributed by atoms with van der Waals surface area (Å²) in [4.78, 5) is 2.23. The van der Waals surface area contributed by atoms with Gasteiger partial charge in [-0.2, -0.15) is 0 Å². The molecule has 5 nitrogen and oxygen atoms in total. The van der Waals surface area contributed by atoms with Crippen molar-refractivity contribution < 1.29 is 23.3 Å². The van der Waals surface area contributed by atoms with E-state index in [0.29, 0.717) is 13.1 Å². The van der Waals surface area contributed by atoms with Gasteiger partial charge in [0, 0.05) is 39.8 Å². The van der Waals surface area contributed by atoms with Gasteiger partial charge in [0.2, 0.25) is 11.6 Å². The molecule has 2 fully saturated rings. The Hall–Kier alpha value is -1.05. The van der Waals surface area contributed by atoms with Gasteiger partial charge in [-0.05, 0) is 26.3 Å². The highest BCUT2D eigenvalue weighted by molar-refractivity contribution is 5.15. The highest BCUT2D eigenvalue weighted by atomic mass is 19.1. The van der Waals surface area contributed by atoms with Gasteiger partial charge in [-0.25, -0.2) is 4.39 Å². The molecule has 146 valence electrons. The zero-order chi connectivity index (χ0) is 18.9. The Morgan fingerprint density at radius 1 is 1.12 bits per heavy atom. The first-order valence-corrected chi connectivity index (χ1v) is 9.18. The van der Waals surface area contributed by atoms with Gasteiger partial charge in [-0.3, -0.25) is 4.90 Å². The van der Waals surface area contributed by atoms with Gasteiger partial charge in [-0.1, -0.05) is 30.3 Å². The molecule has 3 rings (SSSR count). The molecule has 1 aromatic rings. The number of methoxy groups -OCH3 is 2. The Balaban J connectivity index is 1.83. The van der Waals surface area contributed by atoms with Crippen LogP contribution in [0.25, 0.3) is 0 Å². The first kappa shape index (κ1) is 19.7. The number of nitrogens with zero attached hydrogens (tertiary/aromatic N) is 1. The fourth-order valence-corrected chi connectivity index (χ4v) is 3.99. The summed E-state index contributed by atoms with van der Waals surface area (Å²) in [6.07, 6.45) is -1.68. The number of ether oxygens (including phenoxy) is 4. The summed E-state index contributed by atoms with van der Waals surface area (Å²) in [6, 6.07) is 10.2. The highest BCUT2D eigenvalue weighted by Gasteiger charge is 2.59. The number of likely N-dealkylation sites (tertiary alicyclic amines) is 1. The van der Waals surface area contributed by atoms with Crippen LogP contribution in [0.15, 0.2) is 30.3 Å². The molecular formula is C20H30FNO4. The normalized spacial score (nSPS) is 39.4. The Morgan fingerprint density at radius 2 is 1.73 bits per heavy atom. The van der Waals surface area contributed by atoms with Crippen molar-refractivity contribution in [2.45, 2.75) is 57.3 Å². The third-order valence-corrected chi connectivity index (χ3v) is 5.88. The van der Waals surface area contributed by atoms with Crippen LogP contribution in [0, 0.1) is 5.92 Å². The summed E-state index contributed by atoms with van der Waals surface area (Å²) in [6.45, 7) is 7.19. The molecule has 0 radical (unpaired) electrons. The van der Waals surface area contributed by atoms with E-state index in [2.05, 4.69) is 17.0 Å². The second-order valence-corrected chi connectivity index (χ2v) is 7.56. The standard InChI is InChI=1S/C20H30FNO4/c1-14(21)16-12-22(11-15-9-7-6-8-10-15)13-17-18(16)26-20(3,24-5)19(2,23-4)25-17/h6-10,14,16-18H,11-13H2,1-5H3/t14-,16+,17-,18-,19+,20+/m1/s1. The van der Waals surface area contributed by atoms with Crippen LogP contribution < -0.4 is 0 Å². The molecule has 0 N–H and O–H groups in total. The van der Waals surface area contributed by atoms with Gasteiger partial charge >= 0.3 is 0 Å². The van der Waals surface area contributed by atoms with E-state index in [1.165, 1.54) is 5.56 Å². The number of hydrogen-bond donors (Lipinski definition) is 0. The summed E-state index contributed by atoms with van der Waals surface area (Å²) in [5, 5.41) is 0. The summed E-state index contributed by atoms with van der Waals surface area (Å²) in [7, 11) is 3.13. The molecule has 26 heavy (non-hydrogen) atoms. The Bertz CT molecular complexity index is 601. The largest absolute Gasteiger partial charge is 0.349 e. The van der Waals surface area contributed by atoms with E-state index in [1.54, 1.807) is 35.0 Å². The van der Waals surface area contributed by atoms with Crippen molar-refractivity contribution in [3.8, 4) is 0 Å². The van der Waals surface area contributed by atoms with Crippen LogP contribution in [0.2, 0.25) is 0 Å². The maximum atomic E-state index is 14.5. The van der Waals surface area contributed by atoms with Crippen molar-refractivity contribution in [1.29, 1.82) is 0 Å². The summed E-state index contributed by atoms with van der Waals surface area (Å²) >= 11 is 0. The lowest BCUT2D eigenvalue weighted by molar-refractivity contribution is -0.458. The lowest BCUT2D eigenvalue weighted by Crippen LogP contribution is -2.70. The monoisotopic (exact) mass is 367 g/mol. The predicted molar refractivity (Wildman–Crippen MR) is 96.4 cm³/mol. The Kier molecular flexibility index (Phi) is 5.70. The van der Waals surface area contributed by atoms with Crippen molar-refractivity contribution in [1.82, 2.24) is 4.90 Å². The van der Waals surface area contributed by atoms with Gasteiger partial charge in [0.05, 0.1) is 6.10 Å². The van der Waals surface area contributed by atoms with Gasteiger partial charge in [0.1, 0.15) is 12.3 Å². The topological polar surface area (TPSA) is 40.2 Å². The number of piperidine rings is 1. The number of alkyl halides is 1. The minimum atomic E-state index is -1.10. The van der Waals surface area contributed by atoms with Crippen LogP contribution in [0.5, 0.6) is 0 Å². The van der Waals surface area contributed by atoms with Gasteiger partial charge in [0.15, 0.2) is 0 Å². The van der Waals surface area contributed by atoms with Crippen LogP contribution in [0.3, 0.4) is 0 Å². The molecule has 0 unspecified atom stereocenters. The fraction of sp³-hybridized carbons (Fsp3) is 0.700. The molecule has 2 heterocycles. The highest BCUT2D eigenvalue weighted by Crippen LogP contribution is 2.43. The molecule has 6 atom stereocenters. The molecule has 0 bridgehead atoms. The van der Waals surface area contributed by atoms with Crippen molar-refractivity contribution in [3.63, 3.8) is 0 Å². The smallest absolute Gasteiger partial charge is 0.220 e. The Labute approximate surface area is 155 Å². The number of halogens is 1. The van der Waals surface area contributed by atoms with Gasteiger partial charge in [0.25, 0.3) is 0 Å². The number of benzene rings is 1. The van der Waals surface area contributed by atoms with Crippen LogP contribution >= 0.6 is 0 Å². The fourth-order valence-electron chi connectivity index (χ4n) is 3.99. The Morgan fingerprint density at radius 3 is 2.31 bits per heavy atom. The molecule has 1 aromatic carbocycles. The number of hydrogen-bond acceptors (Lipinski definition) is 5. The van der Waals surface area contributed by atoms with Gasteiger partial charge < -0.3 is 18.9 Å².